The van der Waals surface area contributed by atoms with Crippen LogP contribution in [0.3, 0.4) is 0 Å². The van der Waals surface area contributed by atoms with E-state index in [9.17, 15) is 13.2 Å². The van der Waals surface area contributed by atoms with Gasteiger partial charge in [0, 0.05) is 24.9 Å². The Balaban J connectivity index is 1.61. The first-order chi connectivity index (χ1) is 10.8. The molecule has 2 heterocycles. The third-order valence-corrected chi connectivity index (χ3v) is 5.18. The summed E-state index contributed by atoms with van der Waals surface area (Å²) in [5, 5.41) is 3.93. The topological polar surface area (TPSA) is 24.8 Å². The minimum Gasteiger partial charge on any atom is -0.391 e. The smallest absolute Gasteiger partial charge is 0.391 e. The van der Waals surface area contributed by atoms with Crippen LogP contribution in [0.1, 0.15) is 36.9 Å². The summed E-state index contributed by atoms with van der Waals surface area (Å²) in [7, 11) is 0. The van der Waals surface area contributed by atoms with Crippen molar-refractivity contribution in [1.82, 2.24) is 4.90 Å². The van der Waals surface area contributed by atoms with Gasteiger partial charge in [0.05, 0.1) is 5.56 Å². The molecule has 3 rings (SSSR count). The molecule has 23 heavy (non-hydrogen) atoms. The van der Waals surface area contributed by atoms with Crippen LogP contribution in [-0.2, 0) is 11.0 Å². The molecule has 0 saturated carbocycles. The molecule has 0 N–H and O–H groups in total. The van der Waals surface area contributed by atoms with Gasteiger partial charge in [-0.15, -0.1) is 0 Å². The van der Waals surface area contributed by atoms with E-state index in [1.165, 1.54) is 0 Å². The molecule has 0 aliphatic carbocycles. The molecule has 1 aromatic rings. The molecule has 2 aliphatic heterocycles. The van der Waals surface area contributed by atoms with Gasteiger partial charge in [0.15, 0.2) is 0 Å². The summed E-state index contributed by atoms with van der Waals surface area (Å²) in [4.78, 5) is 7.72. The van der Waals surface area contributed by atoms with Gasteiger partial charge in [0.1, 0.15) is 10.7 Å². The van der Waals surface area contributed by atoms with Gasteiger partial charge in [0.25, 0.3) is 0 Å². The minimum absolute atomic E-state index is 0.0908. The Labute approximate surface area is 141 Å². The zero-order chi connectivity index (χ0) is 16.6. The second kappa shape index (κ2) is 6.43. The number of benzene rings is 1. The van der Waals surface area contributed by atoms with Gasteiger partial charge in [0.2, 0.25) is 0 Å². The predicted molar refractivity (Wildman–Crippen MR) is 85.4 cm³/mol. The zero-order valence-electron chi connectivity index (χ0n) is 12.7. The molecule has 3 atom stereocenters. The standard InChI is InChI=1S/C16H18BrF3N2O/c1-10(11-2-4-13(5-3-11)16(18,19)20)22-7-6-12(9-22)14-8-15(17)21-23-14/h2-5,10,12,14H,6-9H2,1H3/t10-,12+,14?/m1/s1. The van der Waals surface area contributed by atoms with E-state index in [0.717, 1.165) is 48.2 Å². The fourth-order valence-corrected chi connectivity index (χ4v) is 3.65. The van der Waals surface area contributed by atoms with Crippen molar-refractivity contribution in [2.45, 2.75) is 38.1 Å². The molecule has 0 amide bonds. The van der Waals surface area contributed by atoms with Crippen LogP contribution >= 0.6 is 15.9 Å². The van der Waals surface area contributed by atoms with Crippen molar-refractivity contribution >= 4 is 20.6 Å². The Bertz CT molecular complexity index is 588. The van der Waals surface area contributed by atoms with Crippen LogP contribution in [0.25, 0.3) is 0 Å². The van der Waals surface area contributed by atoms with Crippen molar-refractivity contribution < 1.29 is 18.0 Å². The summed E-state index contributed by atoms with van der Waals surface area (Å²) in [6.07, 6.45) is -2.36. The molecular formula is C16H18BrF3N2O. The van der Waals surface area contributed by atoms with Crippen LogP contribution in [0.2, 0.25) is 0 Å². The van der Waals surface area contributed by atoms with Crippen molar-refractivity contribution in [3.05, 3.63) is 35.4 Å². The Morgan fingerprint density at radius 3 is 2.57 bits per heavy atom. The van der Waals surface area contributed by atoms with Crippen LogP contribution in [-0.4, -0.2) is 28.7 Å². The molecule has 0 aromatic heterocycles. The molecule has 0 bridgehead atoms. The highest BCUT2D eigenvalue weighted by Crippen LogP contribution is 2.34. The van der Waals surface area contributed by atoms with E-state index in [1.807, 2.05) is 6.92 Å². The largest absolute Gasteiger partial charge is 0.416 e. The van der Waals surface area contributed by atoms with E-state index in [-0.39, 0.29) is 12.1 Å². The zero-order valence-corrected chi connectivity index (χ0v) is 14.3. The third kappa shape index (κ3) is 3.71. The van der Waals surface area contributed by atoms with Crippen molar-refractivity contribution in [1.29, 1.82) is 0 Å². The Kier molecular flexibility index (Phi) is 4.69. The minimum atomic E-state index is -4.28. The Morgan fingerprint density at radius 2 is 2.00 bits per heavy atom. The highest BCUT2D eigenvalue weighted by Gasteiger charge is 2.36. The lowest BCUT2D eigenvalue weighted by molar-refractivity contribution is -0.137. The van der Waals surface area contributed by atoms with Crippen LogP contribution in [0.5, 0.6) is 0 Å². The number of oxime groups is 1. The average Bonchev–Trinajstić information content (AvgIpc) is 3.14. The third-order valence-electron chi connectivity index (χ3n) is 4.71. The lowest BCUT2D eigenvalue weighted by Gasteiger charge is -2.25. The van der Waals surface area contributed by atoms with Gasteiger partial charge in [-0.2, -0.15) is 13.2 Å². The maximum atomic E-state index is 12.6. The maximum Gasteiger partial charge on any atom is 0.416 e. The summed E-state index contributed by atoms with van der Waals surface area (Å²) >= 11 is 3.35. The number of nitrogens with zero attached hydrogens (tertiary/aromatic N) is 2. The molecule has 2 aliphatic rings. The van der Waals surface area contributed by atoms with Gasteiger partial charge in [-0.3, -0.25) is 4.90 Å². The van der Waals surface area contributed by atoms with E-state index in [0.29, 0.717) is 5.92 Å². The summed E-state index contributed by atoms with van der Waals surface area (Å²) in [5.41, 5.74) is 0.303. The Hall–Kier alpha value is -1.08. The number of alkyl halides is 3. The van der Waals surface area contributed by atoms with Crippen molar-refractivity contribution in [2.24, 2.45) is 11.1 Å². The predicted octanol–water partition coefficient (Wildman–Crippen LogP) is 4.59. The molecule has 1 unspecified atom stereocenters. The summed E-state index contributed by atoms with van der Waals surface area (Å²) in [6, 6.07) is 5.56. The first kappa shape index (κ1) is 16.8. The van der Waals surface area contributed by atoms with E-state index in [1.54, 1.807) is 12.1 Å². The molecule has 1 saturated heterocycles. The highest BCUT2D eigenvalue weighted by atomic mass is 79.9. The van der Waals surface area contributed by atoms with Gasteiger partial charge >= 0.3 is 6.18 Å². The normalized spacial score (nSPS) is 26.9. The molecule has 126 valence electrons. The van der Waals surface area contributed by atoms with E-state index in [4.69, 9.17) is 4.84 Å². The van der Waals surface area contributed by atoms with Crippen molar-refractivity contribution in [3.63, 3.8) is 0 Å². The first-order valence-corrected chi connectivity index (χ1v) is 8.43. The SMILES string of the molecule is C[C@H](c1ccc(C(F)(F)F)cc1)N1CC[C@H](C2CC(Br)=NO2)C1. The van der Waals surface area contributed by atoms with Crippen LogP contribution in [0.15, 0.2) is 29.4 Å². The highest BCUT2D eigenvalue weighted by molar-refractivity contribution is 9.18. The van der Waals surface area contributed by atoms with E-state index >= 15 is 0 Å². The molecule has 0 radical (unpaired) electrons. The molecule has 7 heteroatoms. The quantitative estimate of drug-likeness (QED) is 0.753. The average molecular weight is 391 g/mol. The summed E-state index contributed by atoms with van der Waals surface area (Å²) < 4.78 is 38.8. The van der Waals surface area contributed by atoms with Gasteiger partial charge < -0.3 is 4.84 Å². The number of hydrogen-bond donors (Lipinski definition) is 0. The molecule has 1 fully saturated rings. The van der Waals surface area contributed by atoms with Gasteiger partial charge in [-0.25, -0.2) is 0 Å². The van der Waals surface area contributed by atoms with Crippen LogP contribution in [0.4, 0.5) is 13.2 Å². The van der Waals surface area contributed by atoms with Gasteiger partial charge in [-0.1, -0.05) is 17.3 Å². The maximum absolute atomic E-state index is 12.6. The van der Waals surface area contributed by atoms with Crippen molar-refractivity contribution in [3.8, 4) is 0 Å². The summed E-state index contributed by atoms with van der Waals surface area (Å²) in [6.45, 7) is 3.83. The van der Waals surface area contributed by atoms with Crippen molar-refractivity contribution in [2.75, 3.05) is 13.1 Å². The van der Waals surface area contributed by atoms with Gasteiger partial charge in [-0.05, 0) is 53.5 Å². The molecule has 0 spiro atoms. The van der Waals surface area contributed by atoms with E-state index in [2.05, 4.69) is 26.0 Å². The summed E-state index contributed by atoms with van der Waals surface area (Å²) in [5.74, 6) is 0.408. The second-order valence-corrected chi connectivity index (χ2v) is 7.07. The first-order valence-electron chi connectivity index (χ1n) is 7.64. The number of likely N-dealkylation sites (tertiary alicyclic amines) is 1. The number of rotatable bonds is 3. The molecule has 3 nitrogen and oxygen atoms in total. The van der Waals surface area contributed by atoms with Crippen LogP contribution in [0, 0.1) is 5.92 Å². The molecular weight excluding hydrogens is 373 g/mol. The lowest BCUT2D eigenvalue weighted by Crippen LogP contribution is -2.28. The monoisotopic (exact) mass is 390 g/mol. The lowest BCUT2D eigenvalue weighted by atomic mass is 9.99. The number of hydrogen-bond acceptors (Lipinski definition) is 3. The second-order valence-electron chi connectivity index (χ2n) is 6.15. The number of halogens is 4. The van der Waals surface area contributed by atoms with E-state index < -0.39 is 11.7 Å². The molecule has 1 aromatic carbocycles. The van der Waals surface area contributed by atoms with Crippen LogP contribution < -0.4 is 0 Å². The Morgan fingerprint density at radius 1 is 1.30 bits per heavy atom. The fourth-order valence-electron chi connectivity index (χ4n) is 3.25. The fraction of sp³-hybridized carbons (Fsp3) is 0.562.